The number of hydrogen-bond donors (Lipinski definition) is 0. The fraction of sp³-hybridized carbons (Fsp3) is 0.787. The minimum absolute atomic E-state index is 0.0802. The monoisotopic (exact) mass is 937 g/mol. The van der Waals surface area contributed by atoms with E-state index in [0.717, 1.165) is 103 Å². The first kappa shape index (κ1) is 64.1. The van der Waals surface area contributed by atoms with E-state index in [1.54, 1.807) is 0 Å². The lowest BCUT2D eigenvalue weighted by Gasteiger charge is -2.18. The molecule has 0 saturated heterocycles. The Morgan fingerprint density at radius 2 is 0.582 bits per heavy atom. The minimum atomic E-state index is -0.783. The van der Waals surface area contributed by atoms with Crippen LogP contribution in [0.5, 0.6) is 0 Å². The number of allylic oxidation sites excluding steroid dienone is 10. The topological polar surface area (TPSA) is 78.9 Å². The zero-order valence-corrected chi connectivity index (χ0v) is 44.4. The van der Waals surface area contributed by atoms with E-state index < -0.39 is 6.10 Å². The van der Waals surface area contributed by atoms with Gasteiger partial charge in [0.1, 0.15) is 13.2 Å². The molecule has 0 aliphatic heterocycles. The van der Waals surface area contributed by atoms with Crippen LogP contribution in [0, 0.1) is 0 Å². The fourth-order valence-electron chi connectivity index (χ4n) is 8.19. The Morgan fingerprint density at radius 3 is 0.910 bits per heavy atom. The van der Waals surface area contributed by atoms with Crippen molar-refractivity contribution in [2.24, 2.45) is 0 Å². The van der Waals surface area contributed by atoms with Gasteiger partial charge >= 0.3 is 17.9 Å². The number of ether oxygens (including phenoxy) is 3. The molecule has 1 atom stereocenters. The van der Waals surface area contributed by atoms with Gasteiger partial charge in [-0.1, -0.05) is 248 Å². The molecular weight excluding hydrogens is 829 g/mol. The molecule has 1 unspecified atom stereocenters. The van der Waals surface area contributed by atoms with E-state index >= 15 is 0 Å². The first-order valence-electron chi connectivity index (χ1n) is 28.8. The van der Waals surface area contributed by atoms with E-state index in [2.05, 4.69) is 81.5 Å². The van der Waals surface area contributed by atoms with Gasteiger partial charge in [-0.3, -0.25) is 14.4 Å². The summed E-state index contributed by atoms with van der Waals surface area (Å²) in [6.45, 7) is 6.52. The number of rotatable bonds is 52. The first-order chi connectivity index (χ1) is 33.0. The van der Waals surface area contributed by atoms with Gasteiger partial charge < -0.3 is 14.2 Å². The Kier molecular flexibility index (Phi) is 53.3. The van der Waals surface area contributed by atoms with Crippen molar-refractivity contribution in [3.8, 4) is 0 Å². The Balaban J connectivity index is 4.34. The lowest BCUT2D eigenvalue weighted by Crippen LogP contribution is -2.30. The summed E-state index contributed by atoms with van der Waals surface area (Å²) in [5.74, 6) is -0.891. The fourth-order valence-corrected chi connectivity index (χ4v) is 8.19. The summed E-state index contributed by atoms with van der Waals surface area (Å²) in [5.41, 5.74) is 0. The van der Waals surface area contributed by atoms with E-state index in [1.165, 1.54) is 148 Å². The molecule has 67 heavy (non-hydrogen) atoms. The van der Waals surface area contributed by atoms with Crippen LogP contribution in [0.2, 0.25) is 0 Å². The van der Waals surface area contributed by atoms with Gasteiger partial charge in [-0.15, -0.1) is 0 Å². The Labute approximate surface area is 415 Å². The molecule has 6 heteroatoms. The largest absolute Gasteiger partial charge is 0.462 e. The summed E-state index contributed by atoms with van der Waals surface area (Å²) >= 11 is 0. The molecule has 0 bridgehead atoms. The zero-order chi connectivity index (χ0) is 48.6. The molecule has 388 valence electrons. The van der Waals surface area contributed by atoms with Crippen molar-refractivity contribution in [1.29, 1.82) is 0 Å². The maximum absolute atomic E-state index is 12.8. The van der Waals surface area contributed by atoms with Crippen molar-refractivity contribution in [1.82, 2.24) is 0 Å². The molecule has 0 radical (unpaired) electrons. The van der Waals surface area contributed by atoms with Gasteiger partial charge in [-0.2, -0.15) is 0 Å². The average molecular weight is 938 g/mol. The van der Waals surface area contributed by atoms with Crippen molar-refractivity contribution >= 4 is 17.9 Å². The molecule has 0 aromatic heterocycles. The third kappa shape index (κ3) is 53.9. The van der Waals surface area contributed by atoms with Gasteiger partial charge in [0.2, 0.25) is 0 Å². The van der Waals surface area contributed by atoms with Crippen LogP contribution in [-0.2, 0) is 28.6 Å². The maximum atomic E-state index is 12.8. The number of esters is 3. The molecule has 0 aromatic rings. The van der Waals surface area contributed by atoms with Gasteiger partial charge in [-0.25, -0.2) is 0 Å². The maximum Gasteiger partial charge on any atom is 0.306 e. The molecule has 6 nitrogen and oxygen atoms in total. The van der Waals surface area contributed by atoms with Crippen LogP contribution in [0.15, 0.2) is 60.8 Å². The third-order valence-electron chi connectivity index (χ3n) is 12.5. The molecule has 0 aliphatic rings. The molecule has 0 N–H and O–H groups in total. The van der Waals surface area contributed by atoms with E-state index in [-0.39, 0.29) is 31.1 Å². The minimum Gasteiger partial charge on any atom is -0.462 e. The van der Waals surface area contributed by atoms with E-state index in [4.69, 9.17) is 14.2 Å². The number of carbonyl (C=O) groups is 3. The molecule has 0 heterocycles. The van der Waals surface area contributed by atoms with E-state index in [0.29, 0.717) is 19.3 Å². The van der Waals surface area contributed by atoms with Crippen molar-refractivity contribution in [3.05, 3.63) is 60.8 Å². The van der Waals surface area contributed by atoms with Crippen LogP contribution in [0.4, 0.5) is 0 Å². The van der Waals surface area contributed by atoms with Gasteiger partial charge in [-0.05, 0) is 83.5 Å². The summed E-state index contributed by atoms with van der Waals surface area (Å²) in [4.78, 5) is 38.1. The standard InChI is InChI=1S/C61H108O6/c1-4-7-10-13-16-19-22-25-27-28-29-30-31-32-34-36-39-42-45-48-51-54-60(63)66-57-58(56-65-59(62)53-50-47-44-41-38-35-24-21-18-15-12-9-6-3)67-61(64)55-52-49-46-43-40-37-33-26-23-20-17-14-11-8-5-2/h8,11,17,20,22,25-26,28-29,33,58H,4-7,9-10,12-16,18-19,21,23-24,27,30-32,34-57H2,1-3H3/b11-8-,20-17-,25-22-,29-28-,33-26-. The van der Waals surface area contributed by atoms with Gasteiger partial charge in [0.25, 0.3) is 0 Å². The quantitative estimate of drug-likeness (QED) is 0.0262. The predicted octanol–water partition coefficient (Wildman–Crippen LogP) is 19.2. The van der Waals surface area contributed by atoms with Crippen LogP contribution in [0.1, 0.15) is 290 Å². The normalized spacial score (nSPS) is 12.5. The third-order valence-corrected chi connectivity index (χ3v) is 12.5. The van der Waals surface area contributed by atoms with E-state index in [1.807, 2.05) is 0 Å². The van der Waals surface area contributed by atoms with Crippen LogP contribution in [-0.4, -0.2) is 37.2 Å². The average Bonchev–Trinajstić information content (AvgIpc) is 3.33. The summed E-state index contributed by atoms with van der Waals surface area (Å²) in [7, 11) is 0. The van der Waals surface area contributed by atoms with Crippen molar-refractivity contribution < 1.29 is 28.6 Å². The number of unbranched alkanes of at least 4 members (excludes halogenated alkanes) is 31. The Morgan fingerprint density at radius 1 is 0.313 bits per heavy atom. The lowest BCUT2D eigenvalue weighted by atomic mass is 10.0. The van der Waals surface area contributed by atoms with Crippen molar-refractivity contribution in [3.63, 3.8) is 0 Å². The highest BCUT2D eigenvalue weighted by atomic mass is 16.6. The summed E-state index contributed by atoms with van der Waals surface area (Å²) in [6.07, 6.45) is 69.2. The van der Waals surface area contributed by atoms with Crippen molar-refractivity contribution in [2.75, 3.05) is 13.2 Å². The van der Waals surface area contributed by atoms with Gasteiger partial charge in [0, 0.05) is 19.3 Å². The molecule has 0 amide bonds. The predicted molar refractivity (Wildman–Crippen MR) is 288 cm³/mol. The Hall–Kier alpha value is -2.89. The smallest absolute Gasteiger partial charge is 0.306 e. The summed E-state index contributed by atoms with van der Waals surface area (Å²) < 4.78 is 16.9. The van der Waals surface area contributed by atoms with Crippen LogP contribution < -0.4 is 0 Å². The number of carbonyl (C=O) groups excluding carboxylic acids is 3. The molecule has 0 spiro atoms. The van der Waals surface area contributed by atoms with Gasteiger partial charge in [0.15, 0.2) is 6.10 Å². The van der Waals surface area contributed by atoms with Crippen LogP contribution >= 0.6 is 0 Å². The summed E-state index contributed by atoms with van der Waals surface area (Å²) in [5, 5.41) is 0. The zero-order valence-electron chi connectivity index (χ0n) is 44.4. The second-order valence-electron chi connectivity index (χ2n) is 19.2. The second kappa shape index (κ2) is 55.7. The molecule has 0 saturated carbocycles. The highest BCUT2D eigenvalue weighted by Gasteiger charge is 2.19. The molecular formula is C61H108O6. The first-order valence-corrected chi connectivity index (χ1v) is 28.8. The Bertz CT molecular complexity index is 1210. The van der Waals surface area contributed by atoms with E-state index in [9.17, 15) is 14.4 Å². The molecule has 0 fully saturated rings. The van der Waals surface area contributed by atoms with Crippen molar-refractivity contribution in [2.45, 2.75) is 297 Å². The molecule has 0 aromatic carbocycles. The SMILES string of the molecule is CC/C=C\C/C=C\C/C=C\CCCCCCCC(=O)OC(COC(=O)CCCCCCCCCCC/C=C\C/C=C\CCCCCCC)COC(=O)CCCCCCCCCCCCCCC. The number of hydrogen-bond acceptors (Lipinski definition) is 6. The second-order valence-corrected chi connectivity index (χ2v) is 19.2. The van der Waals surface area contributed by atoms with Crippen LogP contribution in [0.3, 0.4) is 0 Å². The van der Waals surface area contributed by atoms with Gasteiger partial charge in [0.05, 0.1) is 0 Å². The lowest BCUT2D eigenvalue weighted by molar-refractivity contribution is -0.167. The summed E-state index contributed by atoms with van der Waals surface area (Å²) in [6, 6.07) is 0. The highest BCUT2D eigenvalue weighted by molar-refractivity contribution is 5.71. The highest BCUT2D eigenvalue weighted by Crippen LogP contribution is 2.16. The molecule has 0 aliphatic carbocycles. The molecule has 0 rings (SSSR count). The van der Waals surface area contributed by atoms with Crippen LogP contribution in [0.25, 0.3) is 0 Å².